The normalized spacial score (nSPS) is 10.2. The first-order chi connectivity index (χ1) is 9.88. The van der Waals surface area contributed by atoms with Gasteiger partial charge in [0.05, 0.1) is 10.5 Å². The molecule has 108 valence electrons. The summed E-state index contributed by atoms with van der Waals surface area (Å²) in [5.41, 5.74) is 0.417. The second kappa shape index (κ2) is 5.76. The van der Waals surface area contributed by atoms with E-state index in [1.165, 1.54) is 12.1 Å². The van der Waals surface area contributed by atoms with Crippen LogP contribution in [0.3, 0.4) is 0 Å². The Hall–Kier alpha value is -2.67. The first-order valence-corrected chi connectivity index (χ1v) is 6.08. The highest BCUT2D eigenvalue weighted by atomic mass is 35.5. The van der Waals surface area contributed by atoms with Crippen molar-refractivity contribution in [2.75, 3.05) is 0 Å². The van der Waals surface area contributed by atoms with Crippen LogP contribution in [0.5, 0.6) is 11.6 Å². The third kappa shape index (κ3) is 3.26. The number of rotatable bonds is 4. The third-order valence-electron chi connectivity index (χ3n) is 2.57. The van der Waals surface area contributed by atoms with Crippen molar-refractivity contribution in [2.24, 2.45) is 0 Å². The molecule has 1 N–H and O–H groups in total. The van der Waals surface area contributed by atoms with E-state index in [1.54, 1.807) is 13.0 Å². The molecule has 0 saturated carbocycles. The van der Waals surface area contributed by atoms with Gasteiger partial charge >= 0.3 is 11.7 Å². The summed E-state index contributed by atoms with van der Waals surface area (Å²) >= 11 is 5.87. The van der Waals surface area contributed by atoms with Crippen LogP contribution in [0.4, 0.5) is 5.69 Å². The minimum atomic E-state index is -1.18. The number of aromatic nitrogens is 1. The molecule has 8 heteroatoms. The van der Waals surface area contributed by atoms with Gasteiger partial charge < -0.3 is 9.84 Å². The van der Waals surface area contributed by atoms with E-state index in [4.69, 9.17) is 21.4 Å². The third-order valence-corrected chi connectivity index (χ3v) is 2.84. The van der Waals surface area contributed by atoms with Crippen molar-refractivity contribution in [3.05, 3.63) is 56.7 Å². The molecule has 0 bridgehead atoms. The van der Waals surface area contributed by atoms with Crippen LogP contribution in [0.2, 0.25) is 5.02 Å². The Kier molecular flexibility index (Phi) is 4.04. The molecule has 0 spiro atoms. The number of aryl methyl sites for hydroxylation is 1. The summed E-state index contributed by atoms with van der Waals surface area (Å²) in [5.74, 6) is -1.30. The smallest absolute Gasteiger partial charge is 0.337 e. The molecular weight excluding hydrogens is 300 g/mol. The monoisotopic (exact) mass is 308 g/mol. The Labute approximate surface area is 123 Å². The summed E-state index contributed by atoms with van der Waals surface area (Å²) in [4.78, 5) is 24.9. The highest BCUT2D eigenvalue weighted by Crippen LogP contribution is 2.34. The van der Waals surface area contributed by atoms with Crippen LogP contribution in [0.15, 0.2) is 30.5 Å². The maximum absolute atomic E-state index is 10.9. The Bertz CT molecular complexity index is 732. The van der Waals surface area contributed by atoms with E-state index in [-0.39, 0.29) is 27.9 Å². The number of benzene rings is 1. The van der Waals surface area contributed by atoms with Crippen LogP contribution in [-0.4, -0.2) is 21.0 Å². The Balaban J connectivity index is 2.40. The van der Waals surface area contributed by atoms with Crippen LogP contribution >= 0.6 is 11.6 Å². The van der Waals surface area contributed by atoms with E-state index in [9.17, 15) is 14.9 Å². The van der Waals surface area contributed by atoms with Gasteiger partial charge in [-0.15, -0.1) is 0 Å². The Morgan fingerprint density at radius 2 is 2.14 bits per heavy atom. The van der Waals surface area contributed by atoms with E-state index in [0.29, 0.717) is 0 Å². The molecule has 0 aliphatic heterocycles. The summed E-state index contributed by atoms with van der Waals surface area (Å²) in [6.45, 7) is 1.75. The van der Waals surface area contributed by atoms with Gasteiger partial charge in [-0.05, 0) is 24.6 Å². The summed E-state index contributed by atoms with van der Waals surface area (Å²) in [7, 11) is 0. The van der Waals surface area contributed by atoms with Gasteiger partial charge in [0.15, 0.2) is 0 Å². The van der Waals surface area contributed by atoms with E-state index < -0.39 is 10.9 Å². The number of hydrogen-bond acceptors (Lipinski definition) is 5. The molecule has 0 aliphatic carbocycles. The highest BCUT2D eigenvalue weighted by Gasteiger charge is 2.18. The summed E-state index contributed by atoms with van der Waals surface area (Å²) < 4.78 is 5.34. The van der Waals surface area contributed by atoms with Crippen molar-refractivity contribution in [3.63, 3.8) is 0 Å². The largest absolute Gasteiger partial charge is 0.478 e. The topological polar surface area (TPSA) is 103 Å². The molecule has 0 aliphatic rings. The minimum absolute atomic E-state index is 0.0162. The van der Waals surface area contributed by atoms with Crippen LogP contribution in [0.1, 0.15) is 15.9 Å². The molecule has 0 amide bonds. The molecule has 0 saturated heterocycles. The van der Waals surface area contributed by atoms with E-state index in [2.05, 4.69) is 4.98 Å². The van der Waals surface area contributed by atoms with Crippen LogP contribution in [-0.2, 0) is 0 Å². The lowest BCUT2D eigenvalue weighted by atomic mass is 10.2. The zero-order chi connectivity index (χ0) is 15.6. The number of nitrogens with zero attached hydrogens (tertiary/aromatic N) is 2. The number of carbonyl (C=O) groups is 1. The number of aromatic carboxylic acids is 1. The lowest BCUT2D eigenvalue weighted by Crippen LogP contribution is -2.00. The SMILES string of the molecule is Cc1ccc([N+](=O)[O-])c(Oc2ncc(C(=O)O)cc2Cl)c1. The fraction of sp³-hybridized carbons (Fsp3) is 0.0769. The second-order valence-corrected chi connectivity index (χ2v) is 4.55. The second-order valence-electron chi connectivity index (χ2n) is 4.15. The fourth-order valence-electron chi connectivity index (χ4n) is 1.58. The standard InChI is InChI=1S/C13H9ClN2O5/c1-7-2-3-10(16(19)20)11(4-7)21-12-9(14)5-8(6-15-12)13(17)18/h2-6H,1H3,(H,17,18). The Morgan fingerprint density at radius 1 is 1.43 bits per heavy atom. The molecule has 21 heavy (non-hydrogen) atoms. The first kappa shape index (κ1) is 14.7. The molecule has 2 rings (SSSR count). The number of nitro groups is 1. The van der Waals surface area contributed by atoms with Gasteiger partial charge in [-0.1, -0.05) is 17.7 Å². The van der Waals surface area contributed by atoms with Gasteiger partial charge in [-0.2, -0.15) is 0 Å². The molecule has 2 aromatic rings. The van der Waals surface area contributed by atoms with Crippen LogP contribution in [0, 0.1) is 17.0 Å². The van der Waals surface area contributed by atoms with Gasteiger partial charge in [0, 0.05) is 12.3 Å². The van der Waals surface area contributed by atoms with Gasteiger partial charge in [0.1, 0.15) is 5.02 Å². The van der Waals surface area contributed by atoms with Crippen LogP contribution < -0.4 is 4.74 Å². The molecule has 7 nitrogen and oxygen atoms in total. The maximum Gasteiger partial charge on any atom is 0.337 e. The number of nitro benzene ring substituents is 1. The average Bonchev–Trinajstić information content (AvgIpc) is 2.40. The average molecular weight is 309 g/mol. The minimum Gasteiger partial charge on any atom is -0.478 e. The van der Waals surface area contributed by atoms with Crippen molar-refractivity contribution in [2.45, 2.75) is 6.92 Å². The summed E-state index contributed by atoms with van der Waals surface area (Å²) in [6.07, 6.45) is 1.06. The van der Waals surface area contributed by atoms with Gasteiger partial charge in [-0.3, -0.25) is 10.1 Å². The van der Waals surface area contributed by atoms with E-state index in [1.807, 2.05) is 0 Å². The first-order valence-electron chi connectivity index (χ1n) is 5.70. The molecule has 1 aromatic carbocycles. The Morgan fingerprint density at radius 3 is 2.71 bits per heavy atom. The van der Waals surface area contributed by atoms with Crippen molar-refractivity contribution < 1.29 is 19.6 Å². The summed E-state index contributed by atoms with van der Waals surface area (Å²) in [5, 5.41) is 19.7. The van der Waals surface area contributed by atoms with Gasteiger partial charge in [-0.25, -0.2) is 9.78 Å². The zero-order valence-electron chi connectivity index (χ0n) is 10.7. The van der Waals surface area contributed by atoms with Crippen LogP contribution in [0.25, 0.3) is 0 Å². The van der Waals surface area contributed by atoms with Gasteiger partial charge in [0.25, 0.3) is 0 Å². The predicted octanol–water partition coefficient (Wildman–Crippen LogP) is 3.44. The number of hydrogen-bond donors (Lipinski definition) is 1. The summed E-state index contributed by atoms with van der Waals surface area (Å²) in [6, 6.07) is 5.52. The number of carboxylic acid groups (broad SMARTS) is 1. The number of halogens is 1. The van der Waals surface area contributed by atoms with E-state index >= 15 is 0 Å². The quantitative estimate of drug-likeness (QED) is 0.685. The molecule has 0 radical (unpaired) electrons. The number of pyridine rings is 1. The number of ether oxygens (including phenoxy) is 1. The highest BCUT2D eigenvalue weighted by molar-refractivity contribution is 6.32. The molecule has 1 heterocycles. The molecule has 0 unspecified atom stereocenters. The van der Waals surface area contributed by atoms with E-state index in [0.717, 1.165) is 17.8 Å². The maximum atomic E-state index is 10.9. The lowest BCUT2D eigenvalue weighted by molar-refractivity contribution is -0.385. The predicted molar refractivity (Wildman–Crippen MR) is 74.1 cm³/mol. The van der Waals surface area contributed by atoms with Crippen molar-refractivity contribution in [1.82, 2.24) is 4.98 Å². The van der Waals surface area contributed by atoms with Gasteiger partial charge in [0.2, 0.25) is 11.6 Å². The van der Waals surface area contributed by atoms with Crippen molar-refractivity contribution in [3.8, 4) is 11.6 Å². The zero-order valence-corrected chi connectivity index (χ0v) is 11.5. The molecular formula is C13H9ClN2O5. The number of carboxylic acids is 1. The van der Waals surface area contributed by atoms with Crippen molar-refractivity contribution in [1.29, 1.82) is 0 Å². The van der Waals surface area contributed by atoms with Crippen molar-refractivity contribution >= 4 is 23.3 Å². The lowest BCUT2D eigenvalue weighted by Gasteiger charge is -2.08. The molecule has 1 aromatic heterocycles. The molecule has 0 atom stereocenters. The molecule has 0 fully saturated rings. The fourth-order valence-corrected chi connectivity index (χ4v) is 1.78.